The molecule has 2 heterocycles. The Morgan fingerprint density at radius 3 is 2.37 bits per heavy atom. The van der Waals surface area contributed by atoms with Crippen LogP contribution in [0.3, 0.4) is 0 Å². The van der Waals surface area contributed by atoms with Crippen LogP contribution in [0.15, 0.2) is 57.9 Å². The van der Waals surface area contributed by atoms with Gasteiger partial charge in [0.1, 0.15) is 5.75 Å². The number of nitrogens with one attached hydrogen (secondary N) is 1. The van der Waals surface area contributed by atoms with Crippen molar-refractivity contribution in [2.75, 3.05) is 25.0 Å². The molecule has 1 fully saturated rings. The molecule has 0 unspecified atom stereocenters. The molecule has 0 aliphatic carbocycles. The first-order valence-corrected chi connectivity index (χ1v) is 13.4. The Balaban J connectivity index is 1.30. The molecular formula is C25H30N4O5S. The largest absolute Gasteiger partial charge is 0.494 e. The van der Waals surface area contributed by atoms with Gasteiger partial charge in [0, 0.05) is 37.2 Å². The van der Waals surface area contributed by atoms with E-state index in [0.29, 0.717) is 37.1 Å². The average molecular weight is 499 g/mol. The first-order valence-electron chi connectivity index (χ1n) is 11.9. The van der Waals surface area contributed by atoms with Gasteiger partial charge in [-0.2, -0.15) is 9.29 Å². The van der Waals surface area contributed by atoms with E-state index in [4.69, 9.17) is 9.26 Å². The Morgan fingerprint density at radius 2 is 1.71 bits per heavy atom. The zero-order valence-electron chi connectivity index (χ0n) is 19.8. The number of carbonyl (C=O) groups is 1. The van der Waals surface area contributed by atoms with E-state index >= 15 is 0 Å². The van der Waals surface area contributed by atoms with Gasteiger partial charge in [-0.1, -0.05) is 18.0 Å². The molecule has 1 aromatic heterocycles. The minimum Gasteiger partial charge on any atom is -0.494 e. The topological polar surface area (TPSA) is 115 Å². The number of sulfonamides is 1. The molecule has 10 heteroatoms. The molecule has 0 radical (unpaired) electrons. The van der Waals surface area contributed by atoms with Crippen molar-refractivity contribution in [1.29, 1.82) is 0 Å². The number of aryl methyl sites for hydroxylation is 1. The van der Waals surface area contributed by atoms with E-state index in [1.807, 2.05) is 31.2 Å². The molecule has 1 aliphatic rings. The predicted molar refractivity (Wildman–Crippen MR) is 132 cm³/mol. The summed E-state index contributed by atoms with van der Waals surface area (Å²) in [5.74, 6) is 1.35. The molecule has 0 saturated carbocycles. The number of nitrogens with zero attached hydrogens (tertiary/aromatic N) is 3. The van der Waals surface area contributed by atoms with Crippen LogP contribution in [-0.2, 0) is 21.2 Å². The minimum absolute atomic E-state index is 0.152. The standard InChI is InChI=1S/C25H30N4O5S/c1-2-33-21-11-7-19(8-12-21)25-27-24(34-28-25)16-15-23(30)26-20-9-13-22(14-10-20)35(31,32)29-17-5-3-4-6-18-29/h7-14H,2-6,15-18H2,1H3,(H,26,30). The van der Waals surface area contributed by atoms with E-state index in [-0.39, 0.29) is 23.6 Å². The molecule has 9 nitrogen and oxygen atoms in total. The average Bonchev–Trinajstić information content (AvgIpc) is 3.16. The van der Waals surface area contributed by atoms with Crippen LogP contribution in [0.25, 0.3) is 11.4 Å². The molecule has 1 saturated heterocycles. The lowest BCUT2D eigenvalue weighted by Gasteiger charge is -2.20. The van der Waals surface area contributed by atoms with E-state index in [9.17, 15) is 13.2 Å². The van der Waals surface area contributed by atoms with Gasteiger partial charge in [-0.15, -0.1) is 0 Å². The molecule has 4 rings (SSSR count). The quantitative estimate of drug-likeness (QED) is 0.468. The van der Waals surface area contributed by atoms with Crippen LogP contribution in [0.5, 0.6) is 5.75 Å². The van der Waals surface area contributed by atoms with E-state index in [0.717, 1.165) is 37.0 Å². The molecule has 0 spiro atoms. The van der Waals surface area contributed by atoms with Gasteiger partial charge >= 0.3 is 0 Å². The van der Waals surface area contributed by atoms with E-state index < -0.39 is 10.0 Å². The minimum atomic E-state index is -3.52. The van der Waals surface area contributed by atoms with Crippen molar-refractivity contribution in [3.8, 4) is 17.1 Å². The zero-order chi connectivity index (χ0) is 24.7. The van der Waals surface area contributed by atoms with Gasteiger partial charge in [0.25, 0.3) is 0 Å². The van der Waals surface area contributed by atoms with E-state index in [1.54, 1.807) is 16.4 Å². The van der Waals surface area contributed by atoms with Gasteiger partial charge in [0.05, 0.1) is 11.5 Å². The highest BCUT2D eigenvalue weighted by molar-refractivity contribution is 7.89. The summed E-state index contributed by atoms with van der Waals surface area (Å²) < 4.78 is 38.0. The first-order chi connectivity index (χ1) is 17.0. The SMILES string of the molecule is CCOc1ccc(-c2noc(CCC(=O)Nc3ccc(S(=O)(=O)N4CCCCCC4)cc3)n2)cc1. The third kappa shape index (κ3) is 6.46. The van der Waals surface area contributed by atoms with Crippen LogP contribution in [0.2, 0.25) is 0 Å². The predicted octanol–water partition coefficient (Wildman–Crippen LogP) is 4.27. The number of carbonyl (C=O) groups excluding carboxylic acids is 1. The van der Waals surface area contributed by atoms with Crippen molar-refractivity contribution >= 4 is 21.6 Å². The van der Waals surface area contributed by atoms with Crippen molar-refractivity contribution in [1.82, 2.24) is 14.4 Å². The highest BCUT2D eigenvalue weighted by Crippen LogP contribution is 2.23. The molecule has 186 valence electrons. The van der Waals surface area contributed by atoms with Crippen molar-refractivity contribution in [3.63, 3.8) is 0 Å². The zero-order valence-corrected chi connectivity index (χ0v) is 20.6. The van der Waals surface area contributed by atoms with Crippen LogP contribution in [-0.4, -0.2) is 48.5 Å². The van der Waals surface area contributed by atoms with Crippen LogP contribution in [0, 0.1) is 0 Å². The fourth-order valence-electron chi connectivity index (χ4n) is 3.93. The summed E-state index contributed by atoms with van der Waals surface area (Å²) in [6.07, 6.45) is 4.33. The lowest BCUT2D eigenvalue weighted by molar-refractivity contribution is -0.116. The van der Waals surface area contributed by atoms with Crippen LogP contribution < -0.4 is 10.1 Å². The molecule has 35 heavy (non-hydrogen) atoms. The van der Waals surface area contributed by atoms with Gasteiger partial charge in [0.2, 0.25) is 27.6 Å². The fraction of sp³-hybridized carbons (Fsp3) is 0.400. The van der Waals surface area contributed by atoms with Gasteiger partial charge in [-0.25, -0.2) is 8.42 Å². The maximum Gasteiger partial charge on any atom is 0.243 e. The summed E-state index contributed by atoms with van der Waals surface area (Å²) in [5.41, 5.74) is 1.33. The summed E-state index contributed by atoms with van der Waals surface area (Å²) in [5, 5.41) is 6.77. The Morgan fingerprint density at radius 1 is 1.03 bits per heavy atom. The smallest absolute Gasteiger partial charge is 0.243 e. The number of hydrogen-bond acceptors (Lipinski definition) is 7. The molecular weight excluding hydrogens is 468 g/mol. The number of amides is 1. The Labute approximate surface area is 205 Å². The molecule has 1 N–H and O–H groups in total. The molecule has 0 atom stereocenters. The van der Waals surface area contributed by atoms with Crippen molar-refractivity contribution in [2.24, 2.45) is 0 Å². The Kier molecular flexibility index (Phi) is 8.14. The second kappa shape index (κ2) is 11.5. The maximum atomic E-state index is 12.9. The lowest BCUT2D eigenvalue weighted by atomic mass is 10.2. The fourth-order valence-corrected chi connectivity index (χ4v) is 5.44. The van der Waals surface area contributed by atoms with Crippen LogP contribution in [0.1, 0.15) is 44.9 Å². The van der Waals surface area contributed by atoms with Gasteiger partial charge < -0.3 is 14.6 Å². The number of rotatable bonds is 9. The maximum absolute atomic E-state index is 12.9. The number of ether oxygens (including phenoxy) is 1. The summed E-state index contributed by atoms with van der Waals surface area (Å²) in [4.78, 5) is 17.0. The second-order valence-electron chi connectivity index (χ2n) is 8.36. The normalized spacial score (nSPS) is 14.9. The Hall–Kier alpha value is -3.24. The van der Waals surface area contributed by atoms with E-state index in [1.165, 1.54) is 12.1 Å². The molecule has 2 aromatic carbocycles. The van der Waals surface area contributed by atoms with E-state index in [2.05, 4.69) is 15.5 Å². The molecule has 0 bridgehead atoms. The van der Waals surface area contributed by atoms with Gasteiger partial charge in [0.15, 0.2) is 0 Å². The molecule has 3 aromatic rings. The van der Waals surface area contributed by atoms with Crippen molar-refractivity contribution in [2.45, 2.75) is 50.3 Å². The van der Waals surface area contributed by atoms with Gasteiger partial charge in [-0.3, -0.25) is 4.79 Å². The molecule has 1 aliphatic heterocycles. The summed E-state index contributed by atoms with van der Waals surface area (Å²) >= 11 is 0. The number of aromatic nitrogens is 2. The third-order valence-corrected chi connectivity index (χ3v) is 7.71. The number of hydrogen-bond donors (Lipinski definition) is 1. The van der Waals surface area contributed by atoms with Crippen molar-refractivity contribution < 1.29 is 22.5 Å². The monoisotopic (exact) mass is 498 g/mol. The highest BCUT2D eigenvalue weighted by Gasteiger charge is 2.25. The third-order valence-electron chi connectivity index (χ3n) is 5.80. The summed E-state index contributed by atoms with van der Waals surface area (Å²) in [6, 6.07) is 13.7. The Bertz CT molecular complexity index is 1220. The lowest BCUT2D eigenvalue weighted by Crippen LogP contribution is -2.31. The molecule has 1 amide bonds. The van der Waals surface area contributed by atoms with Crippen molar-refractivity contribution in [3.05, 3.63) is 54.4 Å². The highest BCUT2D eigenvalue weighted by atomic mass is 32.2. The number of anilines is 1. The van der Waals surface area contributed by atoms with Gasteiger partial charge in [-0.05, 0) is 68.3 Å². The second-order valence-corrected chi connectivity index (χ2v) is 10.3. The van der Waals surface area contributed by atoms with Crippen LogP contribution in [0.4, 0.5) is 5.69 Å². The first kappa shape index (κ1) is 24.9. The summed E-state index contributed by atoms with van der Waals surface area (Å²) in [6.45, 7) is 3.62. The number of benzene rings is 2. The summed E-state index contributed by atoms with van der Waals surface area (Å²) in [7, 11) is -3.52. The van der Waals surface area contributed by atoms with Crippen LogP contribution >= 0.6 is 0 Å².